The number of β-amino-alcohol motifs (C(OH)–C–C–N with tert-alkyl or cyclic N) is 1. The first-order valence-electron chi connectivity index (χ1n) is 12.1. The highest BCUT2D eigenvalue weighted by Gasteiger charge is 2.56. The molecule has 1 spiro atoms. The monoisotopic (exact) mass is 460 g/mol. The highest BCUT2D eigenvalue weighted by molar-refractivity contribution is 5.95. The van der Waals surface area contributed by atoms with E-state index in [4.69, 9.17) is 5.26 Å². The van der Waals surface area contributed by atoms with E-state index in [0.717, 1.165) is 44.9 Å². The number of amides is 2. The van der Waals surface area contributed by atoms with Gasteiger partial charge in [-0.1, -0.05) is 30.3 Å². The summed E-state index contributed by atoms with van der Waals surface area (Å²) in [6, 6.07) is 12.5. The number of aliphatic hydroxyl groups is 1. The summed E-state index contributed by atoms with van der Waals surface area (Å²) in [4.78, 5) is 27.9. The maximum absolute atomic E-state index is 13.7. The molecule has 34 heavy (non-hydrogen) atoms. The van der Waals surface area contributed by atoms with Gasteiger partial charge in [0.05, 0.1) is 42.3 Å². The third-order valence-corrected chi connectivity index (χ3v) is 8.45. The average Bonchev–Trinajstić information content (AvgIpc) is 3.10. The lowest BCUT2D eigenvalue weighted by Gasteiger charge is -2.52. The van der Waals surface area contributed by atoms with Crippen LogP contribution in [0.4, 0.5) is 10.5 Å². The molecule has 2 saturated carbocycles. The molecule has 8 heteroatoms. The van der Waals surface area contributed by atoms with E-state index < -0.39 is 5.60 Å². The van der Waals surface area contributed by atoms with Gasteiger partial charge in [-0.15, -0.1) is 0 Å². The van der Waals surface area contributed by atoms with Crippen LogP contribution in [0.1, 0.15) is 56.3 Å². The fraction of sp³-hybridized carbons (Fsp3) is 0.538. The fourth-order valence-corrected chi connectivity index (χ4v) is 6.09. The van der Waals surface area contributed by atoms with Gasteiger partial charge >= 0.3 is 6.03 Å². The lowest BCUT2D eigenvalue weighted by Crippen LogP contribution is -2.59. The van der Waals surface area contributed by atoms with Crippen LogP contribution >= 0.6 is 0 Å². The molecule has 2 amide bonds. The van der Waals surface area contributed by atoms with Crippen molar-refractivity contribution in [1.82, 2.24) is 19.8 Å². The lowest BCUT2D eigenvalue weighted by atomic mass is 9.67. The van der Waals surface area contributed by atoms with Crippen molar-refractivity contribution in [3.8, 4) is 6.07 Å². The van der Waals surface area contributed by atoms with Crippen molar-refractivity contribution in [2.45, 2.75) is 61.6 Å². The summed E-state index contributed by atoms with van der Waals surface area (Å²) in [5.41, 5.74) is 0.666. The number of carbonyl (C=O) groups is 1. The lowest BCUT2D eigenvalue weighted by molar-refractivity contribution is -0.0725. The Balaban J connectivity index is 1.46. The van der Waals surface area contributed by atoms with Gasteiger partial charge in [-0.05, 0) is 64.6 Å². The van der Waals surface area contributed by atoms with Crippen molar-refractivity contribution in [3.05, 3.63) is 54.1 Å². The zero-order valence-corrected chi connectivity index (χ0v) is 19.9. The molecular formula is C26H32N6O2. The summed E-state index contributed by atoms with van der Waals surface area (Å²) >= 11 is 0. The average molecular weight is 461 g/mol. The minimum atomic E-state index is -0.796. The number of rotatable bonds is 5. The maximum atomic E-state index is 13.7. The number of aromatic nitrogens is 2. The first-order valence-corrected chi connectivity index (χ1v) is 12.1. The molecule has 0 atom stereocenters. The van der Waals surface area contributed by atoms with Gasteiger partial charge in [0.1, 0.15) is 6.07 Å². The van der Waals surface area contributed by atoms with E-state index in [-0.39, 0.29) is 22.9 Å². The van der Waals surface area contributed by atoms with Gasteiger partial charge in [0, 0.05) is 5.54 Å². The first kappa shape index (κ1) is 22.8. The van der Waals surface area contributed by atoms with Crippen LogP contribution in [0.2, 0.25) is 0 Å². The smallest absolute Gasteiger partial charge is 0.325 e. The van der Waals surface area contributed by atoms with E-state index in [1.807, 2.05) is 17.0 Å². The van der Waals surface area contributed by atoms with Crippen LogP contribution in [-0.2, 0) is 5.54 Å². The van der Waals surface area contributed by atoms with E-state index in [1.165, 1.54) is 5.56 Å². The SMILES string of the molecule is CN(C)[C@]1(c2ccccc2)CC[C@]2(CC1)CN(c1cnc(C#N)nc1)C(=O)N2CC1(O)CCC1. The summed E-state index contributed by atoms with van der Waals surface area (Å²) in [5, 5.41) is 20.1. The molecular weight excluding hydrogens is 428 g/mol. The van der Waals surface area contributed by atoms with Gasteiger partial charge in [0.25, 0.3) is 0 Å². The summed E-state index contributed by atoms with van der Waals surface area (Å²) in [6.07, 6.45) is 9.09. The highest BCUT2D eigenvalue weighted by atomic mass is 16.3. The molecule has 0 unspecified atom stereocenters. The van der Waals surface area contributed by atoms with Gasteiger partial charge in [0.2, 0.25) is 5.82 Å². The normalized spacial score (nSPS) is 28.3. The minimum absolute atomic E-state index is 0.0838. The van der Waals surface area contributed by atoms with E-state index in [2.05, 4.69) is 53.2 Å². The van der Waals surface area contributed by atoms with E-state index >= 15 is 0 Å². The van der Waals surface area contributed by atoms with E-state index in [9.17, 15) is 9.90 Å². The van der Waals surface area contributed by atoms with Gasteiger partial charge in [-0.3, -0.25) is 9.80 Å². The molecule has 3 aliphatic rings. The Labute approximate surface area is 200 Å². The number of urea groups is 1. The second-order valence-electron chi connectivity index (χ2n) is 10.4. The molecule has 2 aliphatic carbocycles. The summed E-state index contributed by atoms with van der Waals surface area (Å²) in [7, 11) is 4.28. The molecule has 1 aromatic heterocycles. The number of nitriles is 1. The Morgan fingerprint density at radius 1 is 1.06 bits per heavy atom. The van der Waals surface area contributed by atoms with E-state index in [0.29, 0.717) is 18.8 Å². The molecule has 3 fully saturated rings. The molecule has 1 aromatic carbocycles. The Morgan fingerprint density at radius 3 is 2.24 bits per heavy atom. The largest absolute Gasteiger partial charge is 0.388 e. The van der Waals surface area contributed by atoms with Gasteiger partial charge < -0.3 is 10.0 Å². The van der Waals surface area contributed by atoms with Crippen LogP contribution in [0.5, 0.6) is 0 Å². The Morgan fingerprint density at radius 2 is 1.71 bits per heavy atom. The number of hydrogen-bond acceptors (Lipinski definition) is 6. The predicted octanol–water partition coefficient (Wildman–Crippen LogP) is 3.28. The summed E-state index contributed by atoms with van der Waals surface area (Å²) in [6.45, 7) is 0.898. The topological polar surface area (TPSA) is 96.6 Å². The van der Waals surface area contributed by atoms with Crippen molar-refractivity contribution in [1.29, 1.82) is 5.26 Å². The van der Waals surface area contributed by atoms with Crippen molar-refractivity contribution in [3.63, 3.8) is 0 Å². The predicted molar refractivity (Wildman–Crippen MR) is 128 cm³/mol. The van der Waals surface area contributed by atoms with Crippen LogP contribution < -0.4 is 4.90 Å². The molecule has 5 rings (SSSR count). The van der Waals surface area contributed by atoms with Crippen LogP contribution in [0.15, 0.2) is 42.7 Å². The van der Waals surface area contributed by atoms with Crippen molar-refractivity contribution in [2.75, 3.05) is 32.1 Å². The Kier molecular flexibility index (Phi) is 5.58. The van der Waals surface area contributed by atoms with Crippen molar-refractivity contribution < 1.29 is 9.90 Å². The van der Waals surface area contributed by atoms with Crippen LogP contribution in [-0.4, -0.2) is 69.2 Å². The number of anilines is 1. The minimum Gasteiger partial charge on any atom is -0.388 e. The molecule has 0 bridgehead atoms. The van der Waals surface area contributed by atoms with Crippen LogP contribution in [0.25, 0.3) is 0 Å². The number of benzene rings is 1. The third-order valence-electron chi connectivity index (χ3n) is 8.45. The second-order valence-corrected chi connectivity index (χ2v) is 10.4. The van der Waals surface area contributed by atoms with Gasteiger partial charge in [-0.2, -0.15) is 5.26 Å². The van der Waals surface area contributed by atoms with Crippen molar-refractivity contribution in [2.24, 2.45) is 0 Å². The number of nitrogens with zero attached hydrogens (tertiary/aromatic N) is 6. The molecule has 8 nitrogen and oxygen atoms in total. The molecule has 178 valence electrons. The van der Waals surface area contributed by atoms with Crippen LogP contribution in [0.3, 0.4) is 0 Å². The van der Waals surface area contributed by atoms with Crippen LogP contribution in [0, 0.1) is 11.3 Å². The quantitative estimate of drug-likeness (QED) is 0.736. The molecule has 1 saturated heterocycles. The van der Waals surface area contributed by atoms with Gasteiger partial charge in [0.15, 0.2) is 0 Å². The van der Waals surface area contributed by atoms with Gasteiger partial charge in [-0.25, -0.2) is 14.8 Å². The summed E-state index contributed by atoms with van der Waals surface area (Å²) in [5.74, 6) is 0.0852. The maximum Gasteiger partial charge on any atom is 0.325 e. The number of hydrogen-bond donors (Lipinski definition) is 1. The Hall–Kier alpha value is -3.02. The van der Waals surface area contributed by atoms with E-state index in [1.54, 1.807) is 17.3 Å². The molecule has 1 aliphatic heterocycles. The fourth-order valence-electron chi connectivity index (χ4n) is 6.09. The first-order chi connectivity index (χ1) is 16.3. The Bertz CT molecular complexity index is 1080. The summed E-state index contributed by atoms with van der Waals surface area (Å²) < 4.78 is 0. The van der Waals surface area contributed by atoms with Crippen molar-refractivity contribution >= 4 is 11.7 Å². The third kappa shape index (κ3) is 3.64. The molecule has 1 N–H and O–H groups in total. The highest BCUT2D eigenvalue weighted by Crippen LogP contribution is 2.50. The zero-order valence-electron chi connectivity index (χ0n) is 19.9. The molecule has 2 aromatic rings. The molecule has 2 heterocycles. The standard InChI is InChI=1S/C26H32N6O2/c1-30(2)26(20-7-4-3-5-8-20)13-11-24(12-14-26)18-31(21-16-28-22(15-27)29-17-21)23(33)32(24)19-25(34)9-6-10-25/h3-5,7-8,16-17,34H,6,9-14,18-19H2,1-2H3/t24-,26+. The second kappa shape index (κ2) is 8.33. The zero-order chi connectivity index (χ0) is 24.0. The number of carbonyl (C=O) groups excluding carboxylic acids is 1. The molecule has 0 radical (unpaired) electrons.